The number of thiocarbonyl (C=S) groups is 1. The zero-order valence-corrected chi connectivity index (χ0v) is 24.6. The van der Waals surface area contributed by atoms with Crippen LogP contribution in [0.2, 0.25) is 0 Å². The fourth-order valence-corrected chi connectivity index (χ4v) is 4.18. The van der Waals surface area contributed by atoms with Gasteiger partial charge in [0, 0.05) is 24.7 Å². The highest BCUT2D eigenvalue weighted by Gasteiger charge is 2.24. The van der Waals surface area contributed by atoms with Crippen molar-refractivity contribution < 1.29 is 17.9 Å². The van der Waals surface area contributed by atoms with Gasteiger partial charge in [-0.1, -0.05) is 57.2 Å². The van der Waals surface area contributed by atoms with Crippen LogP contribution >= 0.6 is 12.2 Å². The number of ether oxygens (including phenoxy) is 1. The Morgan fingerprint density at radius 3 is 2.00 bits per heavy atom. The fraction of sp³-hybridized carbons (Fsp3) is 0.500. The Labute approximate surface area is 227 Å². The third-order valence-corrected chi connectivity index (χ3v) is 6.56. The zero-order chi connectivity index (χ0) is 27.9. The number of benzene rings is 2. The summed E-state index contributed by atoms with van der Waals surface area (Å²) >= 11 is 5.46. The largest absolute Gasteiger partial charge is 0.465 e. The van der Waals surface area contributed by atoms with Crippen LogP contribution in [-0.2, 0) is 37.9 Å². The summed E-state index contributed by atoms with van der Waals surface area (Å²) in [5, 5.41) is 6.92. The van der Waals surface area contributed by atoms with E-state index in [-0.39, 0.29) is 17.3 Å². The van der Waals surface area contributed by atoms with Crippen LogP contribution in [0.5, 0.6) is 0 Å². The Hall–Kier alpha value is -2.65. The number of esters is 1. The van der Waals surface area contributed by atoms with E-state index < -0.39 is 15.4 Å². The van der Waals surface area contributed by atoms with Gasteiger partial charge in [0.25, 0.3) is 0 Å². The van der Waals surface area contributed by atoms with Gasteiger partial charge in [0.15, 0.2) is 5.11 Å². The van der Waals surface area contributed by atoms with Crippen LogP contribution in [0.3, 0.4) is 0 Å². The molecule has 0 aromatic heterocycles. The molecular weight excluding hydrogens is 506 g/mol. The summed E-state index contributed by atoms with van der Waals surface area (Å²) in [5.41, 5.74) is 3.44. The van der Waals surface area contributed by atoms with E-state index in [4.69, 9.17) is 17.0 Å². The lowest BCUT2D eigenvalue weighted by molar-refractivity contribution is -0.154. The molecule has 0 saturated heterocycles. The van der Waals surface area contributed by atoms with E-state index in [2.05, 4.69) is 60.4 Å². The average molecular weight is 548 g/mol. The highest BCUT2D eigenvalue weighted by molar-refractivity contribution is 7.92. The molecule has 37 heavy (non-hydrogen) atoms. The lowest BCUT2D eigenvalue weighted by atomic mass is 9.86. The first-order valence-electron chi connectivity index (χ1n) is 12.4. The number of anilines is 1. The standard InChI is InChI=1S/C28H41N3O4S2/c1-27(2,3)23-12-8-20(9-13-23)16-22(19-35-25(32)28(4,5)6)18-30-26(36)29-17-21-10-14-24(15-11-21)31-37(7,33)34/h8-15,22,31H,16-19H2,1-7H3,(H2,29,30,36). The fourth-order valence-electron chi connectivity index (χ4n) is 3.46. The Kier molecular flexibility index (Phi) is 10.5. The molecule has 0 aliphatic heterocycles. The van der Waals surface area contributed by atoms with Crippen molar-refractivity contribution in [1.82, 2.24) is 10.6 Å². The van der Waals surface area contributed by atoms with Crippen molar-refractivity contribution in [1.29, 1.82) is 0 Å². The van der Waals surface area contributed by atoms with Gasteiger partial charge in [0.05, 0.1) is 18.3 Å². The van der Waals surface area contributed by atoms with E-state index in [9.17, 15) is 13.2 Å². The first-order valence-corrected chi connectivity index (χ1v) is 14.7. The molecule has 3 N–H and O–H groups in total. The van der Waals surface area contributed by atoms with Gasteiger partial charge in [-0.3, -0.25) is 9.52 Å². The highest BCUT2D eigenvalue weighted by Crippen LogP contribution is 2.23. The van der Waals surface area contributed by atoms with Crippen molar-refractivity contribution in [3.63, 3.8) is 0 Å². The zero-order valence-electron chi connectivity index (χ0n) is 23.0. The summed E-state index contributed by atoms with van der Waals surface area (Å²) in [6, 6.07) is 15.7. The van der Waals surface area contributed by atoms with Gasteiger partial charge in [0.1, 0.15) is 0 Å². The van der Waals surface area contributed by atoms with E-state index >= 15 is 0 Å². The topological polar surface area (TPSA) is 96.5 Å². The predicted molar refractivity (Wildman–Crippen MR) is 155 cm³/mol. The number of hydrogen-bond acceptors (Lipinski definition) is 5. The molecule has 2 aromatic carbocycles. The molecule has 0 fully saturated rings. The number of carbonyl (C=O) groups is 1. The quantitative estimate of drug-likeness (QED) is 0.291. The minimum atomic E-state index is -3.31. The summed E-state index contributed by atoms with van der Waals surface area (Å²) < 4.78 is 30.8. The average Bonchev–Trinajstić information content (AvgIpc) is 2.78. The Bertz CT molecular complexity index is 1150. The van der Waals surface area contributed by atoms with Crippen molar-refractivity contribution in [2.24, 2.45) is 11.3 Å². The van der Waals surface area contributed by atoms with Crippen LogP contribution in [0, 0.1) is 11.3 Å². The third kappa shape index (κ3) is 11.5. The second-order valence-corrected chi connectivity index (χ2v) is 13.7. The van der Waals surface area contributed by atoms with Gasteiger partial charge in [0.2, 0.25) is 10.0 Å². The molecule has 0 bridgehead atoms. The van der Waals surface area contributed by atoms with Gasteiger partial charge < -0.3 is 15.4 Å². The minimum absolute atomic E-state index is 0.0351. The molecule has 1 unspecified atom stereocenters. The second-order valence-electron chi connectivity index (χ2n) is 11.5. The van der Waals surface area contributed by atoms with Gasteiger partial charge in [-0.2, -0.15) is 0 Å². The van der Waals surface area contributed by atoms with Crippen molar-refractivity contribution in [3.8, 4) is 0 Å². The van der Waals surface area contributed by atoms with Crippen LogP contribution in [0.25, 0.3) is 0 Å². The van der Waals surface area contributed by atoms with Gasteiger partial charge in [-0.05, 0) is 73.6 Å². The second kappa shape index (κ2) is 12.7. The number of hydrogen-bond donors (Lipinski definition) is 3. The third-order valence-electron chi connectivity index (χ3n) is 5.67. The van der Waals surface area contributed by atoms with Crippen molar-refractivity contribution in [2.45, 2.75) is 59.9 Å². The SMILES string of the molecule is CC(C)(C)C(=O)OCC(CNC(=S)NCc1ccc(NS(C)(=O)=O)cc1)Cc1ccc(C(C)(C)C)cc1. The van der Waals surface area contributed by atoms with Gasteiger partial charge >= 0.3 is 5.97 Å². The molecule has 0 saturated carbocycles. The smallest absolute Gasteiger partial charge is 0.311 e. The monoisotopic (exact) mass is 547 g/mol. The number of sulfonamides is 1. The van der Waals surface area contributed by atoms with Gasteiger partial charge in [-0.25, -0.2) is 8.42 Å². The number of carbonyl (C=O) groups excluding carboxylic acids is 1. The van der Waals surface area contributed by atoms with Crippen LogP contribution in [0.15, 0.2) is 48.5 Å². The summed E-state index contributed by atoms with van der Waals surface area (Å²) in [5.74, 6) is -0.192. The first kappa shape index (κ1) is 30.6. The molecule has 0 heterocycles. The van der Waals surface area contributed by atoms with E-state index in [0.717, 1.165) is 18.2 Å². The summed E-state index contributed by atoms with van der Waals surface area (Å²) in [7, 11) is -3.31. The van der Waals surface area contributed by atoms with Gasteiger partial charge in [-0.15, -0.1) is 0 Å². The summed E-state index contributed by atoms with van der Waals surface area (Å²) in [6.45, 7) is 13.4. The Morgan fingerprint density at radius 1 is 0.919 bits per heavy atom. The Morgan fingerprint density at radius 2 is 1.49 bits per heavy atom. The minimum Gasteiger partial charge on any atom is -0.465 e. The molecular formula is C28H41N3O4S2. The maximum absolute atomic E-state index is 12.4. The molecule has 0 aliphatic carbocycles. The normalized spacial score (nSPS) is 12.9. The maximum atomic E-state index is 12.4. The van der Waals surface area contributed by atoms with E-state index in [0.29, 0.717) is 30.5 Å². The maximum Gasteiger partial charge on any atom is 0.311 e. The number of rotatable bonds is 10. The lowest BCUT2D eigenvalue weighted by Gasteiger charge is -2.23. The van der Waals surface area contributed by atoms with Crippen LogP contribution < -0.4 is 15.4 Å². The molecule has 204 valence electrons. The van der Waals surface area contributed by atoms with Crippen LogP contribution in [0.4, 0.5) is 5.69 Å². The van der Waals surface area contributed by atoms with Crippen molar-refractivity contribution in [3.05, 3.63) is 65.2 Å². The highest BCUT2D eigenvalue weighted by atomic mass is 32.2. The predicted octanol–water partition coefficient (Wildman–Crippen LogP) is 4.77. The Balaban J connectivity index is 1.95. The summed E-state index contributed by atoms with van der Waals surface area (Å²) in [6.07, 6.45) is 1.86. The van der Waals surface area contributed by atoms with Crippen LogP contribution in [0.1, 0.15) is 58.2 Å². The molecule has 0 aliphatic rings. The van der Waals surface area contributed by atoms with E-state index in [1.54, 1.807) is 12.1 Å². The van der Waals surface area contributed by atoms with Crippen LogP contribution in [-0.4, -0.2) is 38.9 Å². The molecule has 1 atom stereocenters. The number of nitrogens with one attached hydrogen (secondary N) is 3. The molecule has 0 spiro atoms. The lowest BCUT2D eigenvalue weighted by Crippen LogP contribution is -2.39. The van der Waals surface area contributed by atoms with Crippen molar-refractivity contribution >= 4 is 39.0 Å². The van der Waals surface area contributed by atoms with E-state index in [1.165, 1.54) is 11.1 Å². The van der Waals surface area contributed by atoms with Crippen molar-refractivity contribution in [2.75, 3.05) is 24.1 Å². The first-order chi connectivity index (χ1) is 17.0. The summed E-state index contributed by atoms with van der Waals surface area (Å²) in [4.78, 5) is 12.4. The molecule has 0 amide bonds. The molecule has 9 heteroatoms. The molecule has 7 nitrogen and oxygen atoms in total. The molecule has 0 radical (unpaired) electrons. The molecule has 2 rings (SSSR count). The molecule has 2 aromatic rings. The van der Waals surface area contributed by atoms with E-state index in [1.807, 2.05) is 32.9 Å².